The molecule has 0 saturated carbocycles. The molecule has 0 radical (unpaired) electrons. The maximum absolute atomic E-state index is 12.6. The molecule has 1 saturated heterocycles. The number of aliphatic imine (C=N–C) groups is 1. The SMILES string of the molecule is CC(C)C1=CC(Nc2nc(Sc3ccc(C(=O)Nc4ccccc4)cc3)nc(N3CCN(C)CC3)n2)=NC1. The normalized spacial score (nSPS) is 15.8. The van der Waals surface area contributed by atoms with E-state index in [-0.39, 0.29) is 5.91 Å². The van der Waals surface area contributed by atoms with Gasteiger partial charge in [-0.2, -0.15) is 15.0 Å². The number of amidine groups is 1. The van der Waals surface area contributed by atoms with E-state index in [9.17, 15) is 4.79 Å². The standard InChI is InChI=1S/C28H32N8OS/c1-19(2)21-17-24(29-18-21)31-26-32-27(36-15-13-35(3)14-16-36)34-28(33-26)38-23-11-9-20(10-12-23)25(37)30-22-7-5-4-6-8-22/h4-12,17,19H,13-16,18H2,1-3H3,(H,30,37)(H,29,31,32,33,34). The second kappa shape index (κ2) is 11.7. The van der Waals surface area contributed by atoms with Gasteiger partial charge < -0.3 is 20.4 Å². The van der Waals surface area contributed by atoms with Crippen LogP contribution in [0.3, 0.4) is 0 Å². The minimum Gasteiger partial charge on any atom is -0.338 e. The number of benzene rings is 2. The number of amides is 1. The summed E-state index contributed by atoms with van der Waals surface area (Å²) in [4.78, 5) is 36.8. The Morgan fingerprint density at radius 1 is 0.947 bits per heavy atom. The number of rotatable bonds is 7. The topological polar surface area (TPSA) is 98.6 Å². The second-order valence-electron chi connectivity index (χ2n) is 9.68. The molecular weight excluding hydrogens is 496 g/mol. The average Bonchev–Trinajstić information content (AvgIpc) is 3.39. The molecule has 5 rings (SSSR count). The first kappa shape index (κ1) is 25.9. The molecule has 2 aliphatic heterocycles. The number of hydrogen-bond donors (Lipinski definition) is 2. The van der Waals surface area contributed by atoms with Gasteiger partial charge in [0.25, 0.3) is 5.91 Å². The number of nitrogens with zero attached hydrogens (tertiary/aromatic N) is 6. The lowest BCUT2D eigenvalue weighted by Gasteiger charge is -2.32. The molecule has 10 heteroatoms. The van der Waals surface area contributed by atoms with Crippen molar-refractivity contribution in [1.82, 2.24) is 19.9 Å². The van der Waals surface area contributed by atoms with Crippen LogP contribution in [0.5, 0.6) is 0 Å². The lowest BCUT2D eigenvalue weighted by atomic mass is 10.0. The molecule has 0 spiro atoms. The van der Waals surface area contributed by atoms with Gasteiger partial charge in [0.05, 0.1) is 6.54 Å². The van der Waals surface area contributed by atoms with E-state index < -0.39 is 0 Å². The van der Waals surface area contributed by atoms with E-state index in [4.69, 9.17) is 9.97 Å². The van der Waals surface area contributed by atoms with Crippen LogP contribution in [0.2, 0.25) is 0 Å². The monoisotopic (exact) mass is 528 g/mol. The highest BCUT2D eigenvalue weighted by molar-refractivity contribution is 7.99. The van der Waals surface area contributed by atoms with Crippen LogP contribution >= 0.6 is 11.8 Å². The van der Waals surface area contributed by atoms with Crippen molar-refractivity contribution in [3.05, 3.63) is 71.8 Å². The number of carbonyl (C=O) groups excluding carboxylic acids is 1. The third kappa shape index (κ3) is 6.56. The van der Waals surface area contributed by atoms with E-state index >= 15 is 0 Å². The van der Waals surface area contributed by atoms with Crippen molar-refractivity contribution in [3.63, 3.8) is 0 Å². The van der Waals surface area contributed by atoms with Gasteiger partial charge in [-0.05, 0) is 72.8 Å². The number of carbonyl (C=O) groups is 1. The Morgan fingerprint density at radius 2 is 1.68 bits per heavy atom. The summed E-state index contributed by atoms with van der Waals surface area (Å²) in [6.07, 6.45) is 2.08. The van der Waals surface area contributed by atoms with Crippen LogP contribution in [0, 0.1) is 5.92 Å². The fourth-order valence-corrected chi connectivity index (χ4v) is 4.82. The van der Waals surface area contributed by atoms with Crippen LogP contribution in [0.25, 0.3) is 0 Å². The smallest absolute Gasteiger partial charge is 0.255 e. The second-order valence-corrected chi connectivity index (χ2v) is 10.7. The zero-order valence-corrected chi connectivity index (χ0v) is 22.7. The van der Waals surface area contributed by atoms with Gasteiger partial charge >= 0.3 is 0 Å². The van der Waals surface area contributed by atoms with Crippen LogP contribution in [0.4, 0.5) is 17.6 Å². The highest BCUT2D eigenvalue weighted by atomic mass is 32.2. The zero-order valence-electron chi connectivity index (χ0n) is 21.9. The van der Waals surface area contributed by atoms with E-state index in [0.717, 1.165) is 42.6 Å². The highest BCUT2D eigenvalue weighted by Gasteiger charge is 2.20. The van der Waals surface area contributed by atoms with Crippen LogP contribution in [-0.2, 0) is 0 Å². The van der Waals surface area contributed by atoms with Crippen molar-refractivity contribution in [2.45, 2.75) is 23.9 Å². The first-order chi connectivity index (χ1) is 18.4. The summed E-state index contributed by atoms with van der Waals surface area (Å²) >= 11 is 1.44. The molecule has 0 atom stereocenters. The lowest BCUT2D eigenvalue weighted by molar-refractivity contribution is 0.102. The minimum absolute atomic E-state index is 0.150. The molecular formula is C28H32N8OS. The van der Waals surface area contributed by atoms with E-state index in [1.165, 1.54) is 17.3 Å². The molecule has 0 aliphatic carbocycles. The fraction of sp³-hybridized carbons (Fsp3) is 0.321. The Hall–Kier alpha value is -3.76. The van der Waals surface area contributed by atoms with Crippen molar-refractivity contribution < 1.29 is 4.79 Å². The van der Waals surface area contributed by atoms with Crippen LogP contribution in [0.1, 0.15) is 24.2 Å². The number of anilines is 3. The van der Waals surface area contributed by atoms with Crippen molar-refractivity contribution in [2.75, 3.05) is 55.3 Å². The predicted octanol–water partition coefficient (Wildman–Crippen LogP) is 4.43. The molecule has 196 valence electrons. The third-order valence-corrected chi connectivity index (χ3v) is 7.36. The van der Waals surface area contributed by atoms with Gasteiger partial charge in [0, 0.05) is 42.3 Å². The van der Waals surface area contributed by atoms with Gasteiger partial charge in [-0.25, -0.2) is 0 Å². The first-order valence-electron chi connectivity index (χ1n) is 12.8. The summed E-state index contributed by atoms with van der Waals surface area (Å²) in [7, 11) is 2.12. The molecule has 2 aliphatic rings. The van der Waals surface area contributed by atoms with E-state index in [2.05, 4.69) is 57.4 Å². The Morgan fingerprint density at radius 3 is 2.37 bits per heavy atom. The third-order valence-electron chi connectivity index (χ3n) is 6.48. The van der Waals surface area contributed by atoms with Gasteiger partial charge in [-0.1, -0.05) is 32.0 Å². The zero-order chi connectivity index (χ0) is 26.5. The lowest BCUT2D eigenvalue weighted by Crippen LogP contribution is -2.45. The molecule has 9 nitrogen and oxygen atoms in total. The quantitative estimate of drug-likeness (QED) is 0.465. The first-order valence-corrected chi connectivity index (χ1v) is 13.6. The van der Waals surface area contributed by atoms with E-state index in [1.54, 1.807) is 0 Å². The van der Waals surface area contributed by atoms with Crippen LogP contribution in [-0.4, -0.2) is 71.4 Å². The van der Waals surface area contributed by atoms with Crippen molar-refractivity contribution in [1.29, 1.82) is 0 Å². The number of aromatic nitrogens is 3. The van der Waals surface area contributed by atoms with Gasteiger partial charge in [0.15, 0.2) is 5.16 Å². The van der Waals surface area contributed by atoms with Crippen LogP contribution in [0.15, 0.2) is 81.3 Å². The summed E-state index contributed by atoms with van der Waals surface area (Å²) in [5, 5.41) is 6.80. The molecule has 1 fully saturated rings. The van der Waals surface area contributed by atoms with E-state index in [1.807, 2.05) is 54.6 Å². The molecule has 1 amide bonds. The molecule has 3 heterocycles. The summed E-state index contributed by atoms with van der Waals surface area (Å²) in [6, 6.07) is 16.9. The van der Waals surface area contributed by atoms with Crippen LogP contribution < -0.4 is 15.5 Å². The maximum atomic E-state index is 12.6. The van der Waals surface area contributed by atoms with Gasteiger partial charge in [0.1, 0.15) is 5.84 Å². The van der Waals surface area contributed by atoms with Crippen molar-refractivity contribution in [2.24, 2.45) is 10.9 Å². The number of piperazine rings is 1. The fourth-order valence-electron chi connectivity index (χ4n) is 4.08. The number of likely N-dealkylation sites (N-methyl/N-ethyl adjacent to an activating group) is 1. The Bertz CT molecular complexity index is 1330. The van der Waals surface area contributed by atoms with Gasteiger partial charge in [-0.3, -0.25) is 9.79 Å². The molecule has 1 aromatic heterocycles. The Kier molecular flexibility index (Phi) is 8.00. The molecule has 2 N–H and O–H groups in total. The molecule has 0 unspecified atom stereocenters. The molecule has 38 heavy (non-hydrogen) atoms. The van der Waals surface area contributed by atoms with Crippen molar-refractivity contribution >= 4 is 41.1 Å². The minimum atomic E-state index is -0.150. The predicted molar refractivity (Wildman–Crippen MR) is 153 cm³/mol. The number of para-hydroxylation sites is 1. The number of nitrogens with one attached hydrogen (secondary N) is 2. The molecule has 0 bridgehead atoms. The number of hydrogen-bond acceptors (Lipinski definition) is 9. The highest BCUT2D eigenvalue weighted by Crippen LogP contribution is 2.28. The summed E-state index contributed by atoms with van der Waals surface area (Å²) in [6.45, 7) is 8.66. The Balaban J connectivity index is 1.33. The Labute approximate surface area is 227 Å². The average molecular weight is 529 g/mol. The molecule has 3 aromatic rings. The largest absolute Gasteiger partial charge is 0.338 e. The molecule has 2 aromatic carbocycles. The van der Waals surface area contributed by atoms with Crippen molar-refractivity contribution in [3.8, 4) is 0 Å². The summed E-state index contributed by atoms with van der Waals surface area (Å²) < 4.78 is 0. The maximum Gasteiger partial charge on any atom is 0.255 e. The van der Waals surface area contributed by atoms with Gasteiger partial charge in [0.2, 0.25) is 11.9 Å². The van der Waals surface area contributed by atoms with E-state index in [0.29, 0.717) is 35.1 Å². The van der Waals surface area contributed by atoms with Gasteiger partial charge in [-0.15, -0.1) is 0 Å². The summed E-state index contributed by atoms with van der Waals surface area (Å²) in [5.41, 5.74) is 2.63. The summed E-state index contributed by atoms with van der Waals surface area (Å²) in [5.74, 6) is 2.21.